The Hall–Kier alpha value is -1.17. The molecule has 106 valence electrons. The summed E-state index contributed by atoms with van der Waals surface area (Å²) in [5.74, 6) is 0.868. The van der Waals surface area contributed by atoms with Crippen molar-refractivity contribution < 1.29 is 10.2 Å². The van der Waals surface area contributed by atoms with E-state index in [1.807, 2.05) is 26.2 Å². The molecule has 0 saturated carbocycles. The van der Waals surface area contributed by atoms with Crippen LogP contribution in [-0.2, 0) is 0 Å². The summed E-state index contributed by atoms with van der Waals surface area (Å²) in [6, 6.07) is 4.10. The lowest BCUT2D eigenvalue weighted by Gasteiger charge is -2.27. The minimum atomic E-state index is -0.497. The number of hydrogen-bond acceptors (Lipinski definition) is 5. The van der Waals surface area contributed by atoms with Crippen LogP contribution in [0.1, 0.15) is 25.0 Å². The van der Waals surface area contributed by atoms with Crippen LogP contribution in [0.5, 0.6) is 0 Å². The molecule has 19 heavy (non-hydrogen) atoms. The highest BCUT2D eigenvalue weighted by molar-refractivity contribution is 5.43. The SMILES string of the molecule is C[C@@H](O)c1ccc(N2CC(O)CC2CN(C)C)nc1. The summed E-state index contributed by atoms with van der Waals surface area (Å²) in [4.78, 5) is 8.68. The van der Waals surface area contributed by atoms with Crippen LogP contribution < -0.4 is 4.90 Å². The monoisotopic (exact) mass is 265 g/mol. The van der Waals surface area contributed by atoms with E-state index in [0.29, 0.717) is 6.54 Å². The van der Waals surface area contributed by atoms with Crippen molar-refractivity contribution >= 4 is 5.82 Å². The molecular formula is C14H23N3O2. The third kappa shape index (κ3) is 3.43. The average Bonchev–Trinajstić information content (AvgIpc) is 2.69. The predicted octanol–water partition coefficient (Wildman–Crippen LogP) is 0.636. The molecule has 0 spiro atoms. The third-order valence-corrected chi connectivity index (χ3v) is 3.52. The maximum atomic E-state index is 9.86. The summed E-state index contributed by atoms with van der Waals surface area (Å²) >= 11 is 0. The molecule has 0 aliphatic carbocycles. The maximum absolute atomic E-state index is 9.86. The van der Waals surface area contributed by atoms with Crippen molar-refractivity contribution in [3.8, 4) is 0 Å². The topological polar surface area (TPSA) is 59.8 Å². The first-order valence-corrected chi connectivity index (χ1v) is 6.71. The number of pyridine rings is 1. The van der Waals surface area contributed by atoms with E-state index in [4.69, 9.17) is 0 Å². The maximum Gasteiger partial charge on any atom is 0.128 e. The molecule has 0 amide bonds. The molecule has 2 unspecified atom stereocenters. The van der Waals surface area contributed by atoms with E-state index < -0.39 is 6.10 Å². The highest BCUT2D eigenvalue weighted by atomic mass is 16.3. The smallest absolute Gasteiger partial charge is 0.128 e. The first-order chi connectivity index (χ1) is 8.97. The lowest BCUT2D eigenvalue weighted by atomic mass is 10.2. The predicted molar refractivity (Wildman–Crippen MR) is 75.2 cm³/mol. The minimum absolute atomic E-state index is 0.287. The van der Waals surface area contributed by atoms with Crippen LogP contribution in [0.25, 0.3) is 0 Å². The van der Waals surface area contributed by atoms with Gasteiger partial charge in [0, 0.05) is 25.3 Å². The molecule has 1 aliphatic heterocycles. The van der Waals surface area contributed by atoms with Crippen molar-refractivity contribution in [2.45, 2.75) is 31.6 Å². The Bertz CT molecular complexity index is 406. The van der Waals surface area contributed by atoms with Gasteiger partial charge in [-0.05, 0) is 39.1 Å². The van der Waals surface area contributed by atoms with Gasteiger partial charge in [-0.25, -0.2) is 4.98 Å². The Kier molecular flexibility index (Phi) is 4.39. The lowest BCUT2D eigenvalue weighted by molar-refractivity contribution is 0.191. The van der Waals surface area contributed by atoms with Crippen LogP contribution in [0.3, 0.4) is 0 Å². The van der Waals surface area contributed by atoms with Crippen molar-refractivity contribution in [2.24, 2.45) is 0 Å². The van der Waals surface area contributed by atoms with E-state index in [-0.39, 0.29) is 12.1 Å². The number of rotatable bonds is 4. The highest BCUT2D eigenvalue weighted by Gasteiger charge is 2.31. The largest absolute Gasteiger partial charge is 0.391 e. The summed E-state index contributed by atoms with van der Waals surface area (Å²) in [6.45, 7) is 3.25. The zero-order chi connectivity index (χ0) is 14.0. The number of aliphatic hydroxyl groups excluding tert-OH is 2. The molecule has 5 heteroatoms. The standard InChI is InChI=1S/C14H23N3O2/c1-10(18)11-4-5-14(15-7-11)17-9-13(19)6-12(17)8-16(2)3/h4-5,7,10,12-13,18-19H,6,8-9H2,1-3H3/t10-,12?,13?/m1/s1. The summed E-state index contributed by atoms with van der Waals surface area (Å²) in [5.41, 5.74) is 0.813. The molecule has 1 aliphatic rings. The van der Waals surface area contributed by atoms with Crippen LogP contribution in [0, 0.1) is 0 Å². The number of likely N-dealkylation sites (N-methyl/N-ethyl adjacent to an activating group) is 1. The Morgan fingerprint density at radius 1 is 1.47 bits per heavy atom. The summed E-state index contributed by atoms with van der Waals surface area (Å²) in [6.07, 6.45) is 1.70. The number of nitrogens with zero attached hydrogens (tertiary/aromatic N) is 3. The molecule has 0 radical (unpaired) electrons. The molecule has 1 fully saturated rings. The fourth-order valence-corrected chi connectivity index (χ4v) is 2.58. The van der Waals surface area contributed by atoms with Gasteiger partial charge in [-0.3, -0.25) is 0 Å². The quantitative estimate of drug-likeness (QED) is 0.836. The first-order valence-electron chi connectivity index (χ1n) is 6.71. The molecule has 1 aromatic rings. The van der Waals surface area contributed by atoms with Gasteiger partial charge in [0.1, 0.15) is 5.82 Å². The van der Waals surface area contributed by atoms with E-state index in [9.17, 15) is 10.2 Å². The van der Waals surface area contributed by atoms with Crippen LogP contribution in [-0.4, -0.2) is 59.4 Å². The second-order valence-electron chi connectivity index (χ2n) is 5.58. The summed E-state index contributed by atoms with van der Waals surface area (Å²) in [7, 11) is 4.07. The first kappa shape index (κ1) is 14.2. The van der Waals surface area contributed by atoms with Crippen molar-refractivity contribution in [1.82, 2.24) is 9.88 Å². The van der Waals surface area contributed by atoms with Crippen molar-refractivity contribution in [3.63, 3.8) is 0 Å². The number of β-amino-alcohol motifs (C(OH)–C–C–N with tert-alkyl or cyclic N) is 1. The number of hydrogen-bond donors (Lipinski definition) is 2. The Morgan fingerprint density at radius 2 is 2.21 bits per heavy atom. The zero-order valence-electron chi connectivity index (χ0n) is 11.8. The average molecular weight is 265 g/mol. The molecule has 3 atom stereocenters. The van der Waals surface area contributed by atoms with Gasteiger partial charge in [0.15, 0.2) is 0 Å². The fourth-order valence-electron chi connectivity index (χ4n) is 2.58. The van der Waals surface area contributed by atoms with E-state index >= 15 is 0 Å². The third-order valence-electron chi connectivity index (χ3n) is 3.52. The van der Waals surface area contributed by atoms with Gasteiger partial charge in [0.2, 0.25) is 0 Å². The molecule has 0 aromatic carbocycles. The van der Waals surface area contributed by atoms with Gasteiger partial charge in [0.25, 0.3) is 0 Å². The van der Waals surface area contributed by atoms with Gasteiger partial charge in [0.05, 0.1) is 12.2 Å². The number of aliphatic hydroxyl groups is 2. The van der Waals surface area contributed by atoms with Gasteiger partial charge in [-0.1, -0.05) is 6.07 Å². The van der Waals surface area contributed by atoms with E-state index in [1.165, 1.54) is 0 Å². The van der Waals surface area contributed by atoms with Gasteiger partial charge in [-0.2, -0.15) is 0 Å². The Morgan fingerprint density at radius 3 is 2.74 bits per heavy atom. The fraction of sp³-hybridized carbons (Fsp3) is 0.643. The molecule has 2 N–H and O–H groups in total. The summed E-state index contributed by atoms with van der Waals surface area (Å²) in [5, 5.41) is 19.4. The van der Waals surface area contributed by atoms with Gasteiger partial charge >= 0.3 is 0 Å². The second kappa shape index (κ2) is 5.86. The normalized spacial score (nSPS) is 25.1. The number of anilines is 1. The van der Waals surface area contributed by atoms with Crippen molar-refractivity contribution in [2.75, 3.05) is 32.1 Å². The molecule has 5 nitrogen and oxygen atoms in total. The second-order valence-corrected chi connectivity index (χ2v) is 5.58. The Labute approximate surface area is 114 Å². The Balaban J connectivity index is 2.14. The lowest BCUT2D eigenvalue weighted by Crippen LogP contribution is -2.38. The molecular weight excluding hydrogens is 242 g/mol. The van der Waals surface area contributed by atoms with Crippen molar-refractivity contribution in [1.29, 1.82) is 0 Å². The highest BCUT2D eigenvalue weighted by Crippen LogP contribution is 2.25. The van der Waals surface area contributed by atoms with E-state index in [0.717, 1.165) is 24.3 Å². The summed E-state index contributed by atoms with van der Waals surface area (Å²) < 4.78 is 0. The van der Waals surface area contributed by atoms with Crippen LogP contribution in [0.4, 0.5) is 5.82 Å². The zero-order valence-corrected chi connectivity index (χ0v) is 11.8. The minimum Gasteiger partial charge on any atom is -0.391 e. The molecule has 2 heterocycles. The van der Waals surface area contributed by atoms with Crippen LogP contribution in [0.2, 0.25) is 0 Å². The van der Waals surface area contributed by atoms with Crippen LogP contribution in [0.15, 0.2) is 18.3 Å². The van der Waals surface area contributed by atoms with Crippen molar-refractivity contribution in [3.05, 3.63) is 23.9 Å². The van der Waals surface area contributed by atoms with Crippen LogP contribution >= 0.6 is 0 Å². The number of aromatic nitrogens is 1. The molecule has 1 aromatic heterocycles. The van der Waals surface area contributed by atoms with E-state index in [2.05, 4.69) is 14.8 Å². The molecule has 2 rings (SSSR count). The van der Waals surface area contributed by atoms with Gasteiger partial charge in [-0.15, -0.1) is 0 Å². The molecule has 1 saturated heterocycles. The van der Waals surface area contributed by atoms with E-state index in [1.54, 1.807) is 13.1 Å². The molecule has 0 bridgehead atoms. The van der Waals surface area contributed by atoms with Gasteiger partial charge < -0.3 is 20.0 Å².